The molecule has 0 bridgehead atoms. The topological polar surface area (TPSA) is 72.1 Å². The zero-order valence-electron chi connectivity index (χ0n) is 14.3. The van der Waals surface area contributed by atoms with Crippen molar-refractivity contribution >= 4 is 29.4 Å². The van der Waals surface area contributed by atoms with Crippen LogP contribution in [0.4, 0.5) is 5.69 Å². The summed E-state index contributed by atoms with van der Waals surface area (Å²) in [5, 5.41) is 5.62. The van der Waals surface area contributed by atoms with E-state index < -0.39 is 5.97 Å². The Labute approximate surface area is 145 Å². The third-order valence-electron chi connectivity index (χ3n) is 3.73. The van der Waals surface area contributed by atoms with Gasteiger partial charge in [-0.15, -0.1) is 0 Å². The molecule has 25 heavy (non-hydrogen) atoms. The smallest absolute Gasteiger partial charge is 0.338 e. The van der Waals surface area contributed by atoms with Crippen LogP contribution in [0.5, 0.6) is 0 Å². The lowest BCUT2D eigenvalue weighted by Gasteiger charge is -2.12. The monoisotopic (exact) mass is 338 g/mol. The van der Waals surface area contributed by atoms with E-state index in [1.807, 2.05) is 13.0 Å². The minimum atomic E-state index is -0.393. The van der Waals surface area contributed by atoms with E-state index in [0.29, 0.717) is 34.9 Å². The zero-order valence-corrected chi connectivity index (χ0v) is 14.3. The molecule has 0 saturated carbocycles. The molecule has 0 unspecified atom stereocenters. The van der Waals surface area contributed by atoms with Crippen LogP contribution in [0.2, 0.25) is 0 Å². The Morgan fingerprint density at radius 1 is 1.20 bits per heavy atom. The van der Waals surface area contributed by atoms with Crippen molar-refractivity contribution in [2.75, 3.05) is 11.6 Å². The molecule has 2 aromatic rings. The number of amides is 1. The van der Waals surface area contributed by atoms with Gasteiger partial charge in [-0.2, -0.15) is 10.1 Å². The molecule has 0 fully saturated rings. The second-order valence-electron chi connectivity index (χ2n) is 5.58. The highest BCUT2D eigenvalue weighted by atomic mass is 16.5. The molecule has 1 aliphatic heterocycles. The number of hydrogen-bond donors (Lipinski definition) is 0. The quantitative estimate of drug-likeness (QED) is 0.631. The largest absolute Gasteiger partial charge is 0.462 e. The number of hydrogen-bond acceptors (Lipinski definition) is 5. The van der Waals surface area contributed by atoms with Gasteiger partial charge in [0.25, 0.3) is 5.91 Å². The van der Waals surface area contributed by atoms with E-state index in [9.17, 15) is 9.59 Å². The molecule has 1 aromatic heterocycles. The summed E-state index contributed by atoms with van der Waals surface area (Å²) in [4.78, 5) is 24.4. The Morgan fingerprint density at radius 3 is 2.52 bits per heavy atom. The molecule has 3 rings (SSSR count). The predicted molar refractivity (Wildman–Crippen MR) is 94.4 cm³/mol. The first-order valence-corrected chi connectivity index (χ1v) is 7.95. The van der Waals surface area contributed by atoms with E-state index in [4.69, 9.17) is 9.15 Å². The molecule has 128 valence electrons. The van der Waals surface area contributed by atoms with Crippen molar-refractivity contribution in [2.45, 2.75) is 20.8 Å². The van der Waals surface area contributed by atoms with Crippen LogP contribution in [0, 0.1) is 6.92 Å². The van der Waals surface area contributed by atoms with Crippen LogP contribution in [0.1, 0.15) is 35.7 Å². The Morgan fingerprint density at radius 2 is 1.92 bits per heavy atom. The minimum Gasteiger partial charge on any atom is -0.462 e. The highest BCUT2D eigenvalue weighted by molar-refractivity contribution is 6.32. The molecule has 6 nitrogen and oxygen atoms in total. The van der Waals surface area contributed by atoms with E-state index in [1.54, 1.807) is 50.3 Å². The molecule has 0 aliphatic carbocycles. The molecular weight excluding hydrogens is 320 g/mol. The molecule has 1 aliphatic rings. The molecule has 0 radical (unpaired) electrons. The van der Waals surface area contributed by atoms with E-state index in [2.05, 4.69) is 5.10 Å². The number of ether oxygens (including phenoxy) is 1. The van der Waals surface area contributed by atoms with Crippen molar-refractivity contribution in [1.29, 1.82) is 0 Å². The summed E-state index contributed by atoms with van der Waals surface area (Å²) in [7, 11) is 0. The molecule has 2 heterocycles. The fraction of sp³-hybridized carbons (Fsp3) is 0.211. The molecule has 0 saturated heterocycles. The maximum absolute atomic E-state index is 12.7. The van der Waals surface area contributed by atoms with E-state index >= 15 is 0 Å². The van der Waals surface area contributed by atoms with Crippen LogP contribution in [0.25, 0.3) is 6.08 Å². The Kier molecular flexibility index (Phi) is 4.52. The van der Waals surface area contributed by atoms with Crippen LogP contribution in [0.15, 0.2) is 51.5 Å². The lowest BCUT2D eigenvalue weighted by atomic mass is 10.1. The summed E-state index contributed by atoms with van der Waals surface area (Å²) in [6.07, 6.45) is 1.68. The molecule has 1 aromatic carbocycles. The van der Waals surface area contributed by atoms with Crippen molar-refractivity contribution in [2.24, 2.45) is 5.10 Å². The van der Waals surface area contributed by atoms with Crippen LogP contribution in [-0.4, -0.2) is 24.2 Å². The maximum Gasteiger partial charge on any atom is 0.338 e. The van der Waals surface area contributed by atoms with Crippen molar-refractivity contribution in [1.82, 2.24) is 0 Å². The first kappa shape index (κ1) is 16.7. The summed E-state index contributed by atoms with van der Waals surface area (Å²) in [5.41, 5.74) is 2.09. The number of hydrazone groups is 1. The standard InChI is InChI=1S/C19H18N2O4/c1-4-24-19(23)14-6-8-15(9-7-14)21-18(22)17(13(3)20-21)11-16-10-5-12(2)25-16/h5-11H,4H2,1-3H3/b17-11+. The molecule has 0 spiro atoms. The van der Waals surface area contributed by atoms with Crippen LogP contribution >= 0.6 is 0 Å². The number of esters is 1. The van der Waals surface area contributed by atoms with Gasteiger partial charge in [0, 0.05) is 0 Å². The van der Waals surface area contributed by atoms with Crippen molar-refractivity contribution < 1.29 is 18.7 Å². The normalized spacial score (nSPS) is 15.6. The second-order valence-corrected chi connectivity index (χ2v) is 5.58. The van der Waals surface area contributed by atoms with E-state index in [-0.39, 0.29) is 5.91 Å². The van der Waals surface area contributed by atoms with Gasteiger partial charge in [0.2, 0.25) is 0 Å². The summed E-state index contributed by atoms with van der Waals surface area (Å²) in [6.45, 7) is 5.68. The van der Waals surface area contributed by atoms with Gasteiger partial charge in [0.1, 0.15) is 11.5 Å². The van der Waals surface area contributed by atoms with Crippen LogP contribution in [-0.2, 0) is 9.53 Å². The van der Waals surface area contributed by atoms with Gasteiger partial charge in [-0.05, 0) is 63.2 Å². The lowest BCUT2D eigenvalue weighted by Crippen LogP contribution is -2.21. The van der Waals surface area contributed by atoms with Gasteiger partial charge in [-0.25, -0.2) is 4.79 Å². The summed E-state index contributed by atoms with van der Waals surface area (Å²) < 4.78 is 10.4. The lowest BCUT2D eigenvalue weighted by molar-refractivity contribution is -0.114. The van der Waals surface area contributed by atoms with Gasteiger partial charge in [-0.1, -0.05) is 0 Å². The molecule has 6 heteroatoms. The molecule has 1 amide bonds. The van der Waals surface area contributed by atoms with Crippen LogP contribution in [0.3, 0.4) is 0 Å². The number of carbonyl (C=O) groups is 2. The van der Waals surface area contributed by atoms with Crippen LogP contribution < -0.4 is 5.01 Å². The van der Waals surface area contributed by atoms with Gasteiger partial charge in [0.15, 0.2) is 0 Å². The number of furan rings is 1. The third-order valence-corrected chi connectivity index (χ3v) is 3.73. The molecule has 0 N–H and O–H groups in total. The van der Waals surface area contributed by atoms with Gasteiger partial charge >= 0.3 is 5.97 Å². The molecule has 0 atom stereocenters. The second kappa shape index (κ2) is 6.76. The Hall–Kier alpha value is -3.15. The van der Waals surface area contributed by atoms with Gasteiger partial charge in [0.05, 0.1) is 29.1 Å². The van der Waals surface area contributed by atoms with E-state index in [0.717, 1.165) is 5.76 Å². The van der Waals surface area contributed by atoms with E-state index in [1.165, 1.54) is 5.01 Å². The summed E-state index contributed by atoms with van der Waals surface area (Å²) >= 11 is 0. The molecular formula is C19H18N2O4. The Balaban J connectivity index is 1.83. The SMILES string of the molecule is CCOC(=O)c1ccc(N2N=C(C)/C(=C\c3ccc(C)o3)C2=O)cc1. The van der Waals surface area contributed by atoms with Crippen molar-refractivity contribution in [3.8, 4) is 0 Å². The third kappa shape index (κ3) is 3.38. The van der Waals surface area contributed by atoms with Gasteiger partial charge < -0.3 is 9.15 Å². The minimum absolute atomic E-state index is 0.240. The fourth-order valence-corrected chi connectivity index (χ4v) is 2.49. The number of benzene rings is 1. The number of anilines is 1. The fourth-order valence-electron chi connectivity index (χ4n) is 2.49. The zero-order chi connectivity index (χ0) is 18.0. The summed E-state index contributed by atoms with van der Waals surface area (Å²) in [6, 6.07) is 10.2. The average Bonchev–Trinajstić information content (AvgIpc) is 3.13. The number of nitrogens with zero attached hydrogens (tertiary/aromatic N) is 2. The van der Waals surface area contributed by atoms with Crippen molar-refractivity contribution in [3.63, 3.8) is 0 Å². The van der Waals surface area contributed by atoms with Gasteiger partial charge in [-0.3, -0.25) is 4.79 Å². The highest BCUT2D eigenvalue weighted by Crippen LogP contribution is 2.25. The number of carbonyl (C=O) groups excluding carboxylic acids is 2. The average molecular weight is 338 g/mol. The maximum atomic E-state index is 12.7. The predicted octanol–water partition coefficient (Wildman–Crippen LogP) is 3.57. The Bertz CT molecular complexity index is 875. The first-order chi connectivity index (χ1) is 12.0. The first-order valence-electron chi connectivity index (χ1n) is 7.95. The highest BCUT2D eigenvalue weighted by Gasteiger charge is 2.29. The van der Waals surface area contributed by atoms with Crippen molar-refractivity contribution in [3.05, 3.63) is 59.1 Å². The summed E-state index contributed by atoms with van der Waals surface area (Å²) in [5.74, 6) is 0.749. The number of rotatable bonds is 4. The number of aryl methyl sites for hydroxylation is 1.